The highest BCUT2D eigenvalue weighted by molar-refractivity contribution is 6.31. The van der Waals surface area contributed by atoms with Gasteiger partial charge in [0.15, 0.2) is 12.1 Å². The molecule has 1 fully saturated rings. The molecule has 1 aliphatic heterocycles. The lowest BCUT2D eigenvalue weighted by molar-refractivity contribution is -0.231. The first-order valence-corrected chi connectivity index (χ1v) is 12.5. The lowest BCUT2D eigenvalue weighted by Crippen LogP contribution is -2.51. The molecule has 2 aromatic rings. The fourth-order valence-electron chi connectivity index (χ4n) is 5.90. The number of carbonyl (C=O) groups excluding carboxylic acids is 2. The molecule has 204 valence electrons. The first-order chi connectivity index (χ1) is 18.0. The Hall–Kier alpha value is -3.06. The average molecular weight is 530 g/mol. The van der Waals surface area contributed by atoms with Crippen molar-refractivity contribution >= 4 is 11.6 Å². The van der Waals surface area contributed by atoms with E-state index in [-0.39, 0.29) is 46.6 Å². The van der Waals surface area contributed by atoms with E-state index in [9.17, 15) is 35.1 Å². The number of aliphatic hydroxyl groups is 3. The summed E-state index contributed by atoms with van der Waals surface area (Å²) >= 11 is 0. The summed E-state index contributed by atoms with van der Waals surface area (Å²) in [7, 11) is 1.35. The fraction of sp³-hybridized carbons (Fsp3) is 0.481. The molecule has 6 atom stereocenters. The minimum absolute atomic E-state index is 0.00837. The molecule has 0 spiro atoms. The number of benzene rings is 2. The van der Waals surface area contributed by atoms with Crippen LogP contribution in [-0.4, -0.2) is 81.0 Å². The van der Waals surface area contributed by atoms with Crippen molar-refractivity contribution in [1.82, 2.24) is 0 Å². The molecule has 11 heteroatoms. The van der Waals surface area contributed by atoms with E-state index in [2.05, 4.69) is 0 Å². The van der Waals surface area contributed by atoms with Crippen molar-refractivity contribution in [2.24, 2.45) is 5.73 Å². The quantitative estimate of drug-likeness (QED) is 0.257. The lowest BCUT2D eigenvalue weighted by Gasteiger charge is -2.43. The van der Waals surface area contributed by atoms with Gasteiger partial charge in [0.05, 0.1) is 48.2 Å². The molecule has 38 heavy (non-hydrogen) atoms. The number of aliphatic hydroxyl groups excluding tert-OH is 2. The van der Waals surface area contributed by atoms with E-state index >= 15 is 0 Å². The first-order valence-electron chi connectivity index (χ1n) is 12.5. The third-order valence-electron chi connectivity index (χ3n) is 7.73. The zero-order chi connectivity index (χ0) is 27.5. The van der Waals surface area contributed by atoms with E-state index in [0.29, 0.717) is 12.8 Å². The van der Waals surface area contributed by atoms with Crippen molar-refractivity contribution in [2.75, 3.05) is 13.7 Å². The highest BCUT2D eigenvalue weighted by atomic mass is 16.7. The number of nitrogens with two attached hydrogens (primary N) is 1. The van der Waals surface area contributed by atoms with Crippen molar-refractivity contribution < 1.29 is 49.3 Å². The van der Waals surface area contributed by atoms with E-state index in [4.69, 9.17) is 19.9 Å². The Labute approximate surface area is 218 Å². The molecular formula is C27H31NO10. The Balaban J connectivity index is 1.69. The van der Waals surface area contributed by atoms with E-state index < -0.39 is 71.3 Å². The van der Waals surface area contributed by atoms with Gasteiger partial charge in [-0.2, -0.15) is 0 Å². The number of phenols is 2. The Kier molecular flexibility index (Phi) is 6.70. The number of aromatic hydroxyl groups is 2. The van der Waals surface area contributed by atoms with Gasteiger partial charge in [-0.25, -0.2) is 0 Å². The van der Waals surface area contributed by atoms with E-state index in [1.165, 1.54) is 25.3 Å². The standard InChI is InChI=1S/C27H31NO10/c1-11-6-12(28)7-18(37-11)38-16-9-27(35,17(30)10-29)8-14-20(16)26(34)22-21(24(14)32)23(31)13-4-3-5-15(36-2)19(13)25(22)33/h3-5,11-12,16-18,29-30,32,34-35H,6-10,28H2,1-2H3. The molecule has 1 heterocycles. The van der Waals surface area contributed by atoms with Crippen LogP contribution >= 0.6 is 0 Å². The highest BCUT2D eigenvalue weighted by Crippen LogP contribution is 2.52. The van der Waals surface area contributed by atoms with Gasteiger partial charge >= 0.3 is 0 Å². The van der Waals surface area contributed by atoms with Gasteiger partial charge in [-0.05, 0) is 19.4 Å². The smallest absolute Gasteiger partial charge is 0.202 e. The van der Waals surface area contributed by atoms with E-state index in [1.54, 1.807) is 0 Å². The van der Waals surface area contributed by atoms with E-state index in [1.807, 2.05) is 6.92 Å². The summed E-state index contributed by atoms with van der Waals surface area (Å²) in [4.78, 5) is 27.2. The molecule has 0 radical (unpaired) electrons. The van der Waals surface area contributed by atoms with Gasteiger partial charge in [-0.1, -0.05) is 12.1 Å². The summed E-state index contributed by atoms with van der Waals surface area (Å²) < 4.78 is 17.3. The van der Waals surface area contributed by atoms with Crippen LogP contribution < -0.4 is 10.5 Å². The summed E-state index contributed by atoms with van der Waals surface area (Å²) in [6.07, 6.45) is -3.73. The first kappa shape index (κ1) is 26.5. The summed E-state index contributed by atoms with van der Waals surface area (Å²) in [6.45, 7) is 1.04. The minimum atomic E-state index is -1.99. The van der Waals surface area contributed by atoms with Gasteiger partial charge in [0.1, 0.15) is 23.4 Å². The van der Waals surface area contributed by atoms with E-state index in [0.717, 1.165) is 0 Å². The zero-order valence-electron chi connectivity index (χ0n) is 21.0. The SMILES string of the molecule is COc1cccc2c1C(=O)c1c(O)c3c(c(O)c1C2=O)CC(O)(C(O)CO)CC3OC1CC(N)CC(C)O1. The van der Waals surface area contributed by atoms with Crippen molar-refractivity contribution in [1.29, 1.82) is 0 Å². The second kappa shape index (κ2) is 9.60. The molecule has 0 saturated carbocycles. The number of ether oxygens (including phenoxy) is 3. The van der Waals surface area contributed by atoms with Gasteiger partial charge in [0, 0.05) is 42.0 Å². The maximum Gasteiger partial charge on any atom is 0.202 e. The summed E-state index contributed by atoms with van der Waals surface area (Å²) in [5, 5.41) is 54.3. The van der Waals surface area contributed by atoms with Gasteiger partial charge in [-0.15, -0.1) is 0 Å². The molecule has 1 saturated heterocycles. The van der Waals surface area contributed by atoms with Crippen LogP contribution in [0.3, 0.4) is 0 Å². The van der Waals surface area contributed by atoms with Crippen LogP contribution in [0.5, 0.6) is 17.2 Å². The summed E-state index contributed by atoms with van der Waals surface area (Å²) in [6, 6.07) is 4.22. The molecule has 6 unspecified atom stereocenters. The molecule has 0 bridgehead atoms. The number of hydrogen-bond acceptors (Lipinski definition) is 11. The Morgan fingerprint density at radius 2 is 1.84 bits per heavy atom. The van der Waals surface area contributed by atoms with Gasteiger partial charge in [0.25, 0.3) is 0 Å². The number of hydrogen-bond donors (Lipinski definition) is 6. The monoisotopic (exact) mass is 529 g/mol. The number of phenolic OH excluding ortho intramolecular Hbond substituents is 2. The van der Waals surface area contributed by atoms with Gasteiger partial charge < -0.3 is 45.5 Å². The topological polar surface area (TPSA) is 189 Å². The molecule has 2 aliphatic carbocycles. The molecule has 7 N–H and O–H groups in total. The molecule has 5 rings (SSSR count). The molecule has 0 amide bonds. The summed E-state index contributed by atoms with van der Waals surface area (Å²) in [5.41, 5.74) is 3.17. The van der Waals surface area contributed by atoms with Crippen molar-refractivity contribution in [3.8, 4) is 17.2 Å². The highest BCUT2D eigenvalue weighted by Gasteiger charge is 2.49. The molecule has 3 aliphatic rings. The van der Waals surface area contributed by atoms with Gasteiger partial charge in [0.2, 0.25) is 5.78 Å². The third kappa shape index (κ3) is 4.06. The maximum absolute atomic E-state index is 13.6. The van der Waals surface area contributed by atoms with Crippen LogP contribution in [0.2, 0.25) is 0 Å². The predicted molar refractivity (Wildman–Crippen MR) is 131 cm³/mol. The Bertz CT molecular complexity index is 1300. The van der Waals surface area contributed by atoms with Crippen molar-refractivity contribution in [3.05, 3.63) is 51.6 Å². The van der Waals surface area contributed by atoms with Crippen LogP contribution in [0.4, 0.5) is 0 Å². The average Bonchev–Trinajstić information content (AvgIpc) is 2.87. The number of methoxy groups -OCH3 is 1. The minimum Gasteiger partial charge on any atom is -0.507 e. The molecule has 11 nitrogen and oxygen atoms in total. The normalized spacial score (nSPS) is 29.3. The van der Waals surface area contributed by atoms with Crippen molar-refractivity contribution in [2.45, 2.75) is 68.9 Å². The predicted octanol–water partition coefficient (Wildman–Crippen LogP) is 0.822. The largest absolute Gasteiger partial charge is 0.507 e. The Morgan fingerprint density at radius 1 is 1.13 bits per heavy atom. The van der Waals surface area contributed by atoms with Crippen LogP contribution in [0, 0.1) is 0 Å². The zero-order valence-corrected chi connectivity index (χ0v) is 21.0. The van der Waals surface area contributed by atoms with Gasteiger partial charge in [-0.3, -0.25) is 9.59 Å². The summed E-state index contributed by atoms with van der Waals surface area (Å²) in [5.74, 6) is -2.50. The third-order valence-corrected chi connectivity index (χ3v) is 7.73. The number of fused-ring (bicyclic) bond motifs is 3. The second-order valence-electron chi connectivity index (χ2n) is 10.3. The molecular weight excluding hydrogens is 498 g/mol. The molecule has 0 aromatic heterocycles. The van der Waals surface area contributed by atoms with Crippen LogP contribution in [0.1, 0.15) is 75.3 Å². The Morgan fingerprint density at radius 3 is 2.50 bits per heavy atom. The number of rotatable bonds is 5. The number of carbonyl (C=O) groups is 2. The van der Waals surface area contributed by atoms with Crippen molar-refractivity contribution in [3.63, 3.8) is 0 Å². The second-order valence-corrected chi connectivity index (χ2v) is 10.3. The lowest BCUT2D eigenvalue weighted by atomic mass is 9.71. The van der Waals surface area contributed by atoms with Crippen LogP contribution in [0.25, 0.3) is 0 Å². The van der Waals surface area contributed by atoms with Crippen LogP contribution in [0.15, 0.2) is 18.2 Å². The van der Waals surface area contributed by atoms with Crippen LogP contribution in [-0.2, 0) is 15.9 Å². The maximum atomic E-state index is 13.6. The molecule has 2 aromatic carbocycles. The number of ketones is 2. The fourth-order valence-corrected chi connectivity index (χ4v) is 5.90.